The number of hydrogen-bond donors (Lipinski definition) is 1. The van der Waals surface area contributed by atoms with Crippen molar-refractivity contribution in [1.82, 2.24) is 5.16 Å². The number of furan rings is 1. The summed E-state index contributed by atoms with van der Waals surface area (Å²) in [5.41, 5.74) is 8.12. The lowest BCUT2D eigenvalue weighted by Crippen LogP contribution is -2.20. The van der Waals surface area contributed by atoms with Crippen LogP contribution in [0.15, 0.2) is 21.3 Å². The number of aromatic nitrogens is 1. The first kappa shape index (κ1) is 7.15. The van der Waals surface area contributed by atoms with Gasteiger partial charge in [0, 0.05) is 18.0 Å². The normalized spacial score (nSPS) is 19.5. The van der Waals surface area contributed by atoms with E-state index in [9.17, 15) is 0 Å². The van der Waals surface area contributed by atoms with E-state index >= 15 is 0 Å². The van der Waals surface area contributed by atoms with Gasteiger partial charge in [0.2, 0.25) is 5.58 Å². The lowest BCUT2D eigenvalue weighted by atomic mass is 10.0. The first-order valence-electron chi connectivity index (χ1n) is 4.39. The van der Waals surface area contributed by atoms with Crippen molar-refractivity contribution in [1.29, 1.82) is 0 Å². The van der Waals surface area contributed by atoms with Crippen molar-refractivity contribution < 1.29 is 8.94 Å². The molecule has 4 nitrogen and oxygen atoms in total. The highest BCUT2D eigenvalue weighted by Gasteiger charge is 2.47. The molecule has 13 heavy (non-hydrogen) atoms. The molecule has 1 aliphatic rings. The zero-order valence-corrected chi connectivity index (χ0v) is 7.12. The lowest BCUT2D eigenvalue weighted by molar-refractivity contribution is 0.433. The molecule has 2 N–H and O–H groups in total. The molecule has 0 bridgehead atoms. The van der Waals surface area contributed by atoms with E-state index < -0.39 is 0 Å². The molecule has 4 heteroatoms. The molecule has 68 valence electrons. The van der Waals surface area contributed by atoms with Gasteiger partial charge in [-0.05, 0) is 12.8 Å². The second kappa shape index (κ2) is 2.14. The Kier molecular flexibility index (Phi) is 1.18. The summed E-state index contributed by atoms with van der Waals surface area (Å²) in [6.45, 7) is 0.620. The Morgan fingerprint density at radius 2 is 2.38 bits per heavy atom. The predicted octanol–water partition coefficient (Wildman–Crippen LogP) is 1.41. The van der Waals surface area contributed by atoms with Crippen LogP contribution < -0.4 is 5.73 Å². The minimum atomic E-state index is 0.0447. The molecule has 0 aliphatic heterocycles. The monoisotopic (exact) mass is 178 g/mol. The molecule has 2 aromatic rings. The van der Waals surface area contributed by atoms with Gasteiger partial charge in [-0.15, -0.1) is 0 Å². The molecule has 0 aromatic carbocycles. The molecule has 0 spiro atoms. The average Bonchev–Trinajstić information content (AvgIpc) is 2.62. The molecule has 0 amide bonds. The highest BCUT2D eigenvalue weighted by atomic mass is 16.5. The predicted molar refractivity (Wildman–Crippen MR) is 46.2 cm³/mol. The molecule has 2 heterocycles. The lowest BCUT2D eigenvalue weighted by Gasteiger charge is -2.05. The molecular formula is C9H10N2O2. The van der Waals surface area contributed by atoms with Crippen LogP contribution in [-0.4, -0.2) is 11.7 Å². The van der Waals surface area contributed by atoms with Gasteiger partial charge in [-0.25, -0.2) is 0 Å². The zero-order chi connectivity index (χ0) is 8.89. The van der Waals surface area contributed by atoms with Crippen molar-refractivity contribution in [2.45, 2.75) is 18.3 Å². The van der Waals surface area contributed by atoms with Crippen LogP contribution in [0.5, 0.6) is 0 Å². The molecule has 0 atom stereocenters. The standard InChI is InChI=1S/C9H10N2O2/c10-5-9(2-3-9)8-7-6(13-11-8)1-4-12-7/h1,4H,2-3,5,10H2. The van der Waals surface area contributed by atoms with E-state index in [4.69, 9.17) is 14.7 Å². The highest BCUT2D eigenvalue weighted by molar-refractivity contribution is 5.74. The third kappa shape index (κ3) is 0.808. The molecule has 1 aliphatic carbocycles. The van der Waals surface area contributed by atoms with Crippen molar-refractivity contribution in [3.63, 3.8) is 0 Å². The molecular weight excluding hydrogens is 168 g/mol. The van der Waals surface area contributed by atoms with E-state index in [1.54, 1.807) is 12.3 Å². The smallest absolute Gasteiger partial charge is 0.205 e. The summed E-state index contributed by atoms with van der Waals surface area (Å²) >= 11 is 0. The van der Waals surface area contributed by atoms with Crippen LogP contribution in [0, 0.1) is 0 Å². The summed E-state index contributed by atoms with van der Waals surface area (Å²) in [5, 5.41) is 4.01. The molecule has 1 fully saturated rings. The second-order valence-electron chi connectivity index (χ2n) is 3.63. The summed E-state index contributed by atoms with van der Waals surface area (Å²) in [6, 6.07) is 1.78. The maximum atomic E-state index is 5.70. The van der Waals surface area contributed by atoms with Crippen molar-refractivity contribution in [2.24, 2.45) is 5.73 Å². The SMILES string of the molecule is NCC1(c2noc3ccoc23)CC1. The van der Waals surface area contributed by atoms with Crippen molar-refractivity contribution in [3.05, 3.63) is 18.0 Å². The van der Waals surface area contributed by atoms with E-state index in [-0.39, 0.29) is 5.41 Å². The fourth-order valence-corrected chi connectivity index (χ4v) is 1.70. The maximum absolute atomic E-state index is 5.70. The summed E-state index contributed by atoms with van der Waals surface area (Å²) in [5.74, 6) is 0. The van der Waals surface area contributed by atoms with Crippen molar-refractivity contribution >= 4 is 11.2 Å². The minimum absolute atomic E-state index is 0.0447. The van der Waals surface area contributed by atoms with Crippen LogP contribution in [0.3, 0.4) is 0 Å². The summed E-state index contributed by atoms with van der Waals surface area (Å²) in [4.78, 5) is 0. The third-order valence-electron chi connectivity index (χ3n) is 2.83. The van der Waals surface area contributed by atoms with Crippen LogP contribution in [0.25, 0.3) is 11.2 Å². The Morgan fingerprint density at radius 3 is 3.08 bits per heavy atom. The Morgan fingerprint density at radius 1 is 1.54 bits per heavy atom. The van der Waals surface area contributed by atoms with Gasteiger partial charge in [0.1, 0.15) is 5.69 Å². The van der Waals surface area contributed by atoms with Gasteiger partial charge in [-0.3, -0.25) is 0 Å². The van der Waals surface area contributed by atoms with Gasteiger partial charge in [0.15, 0.2) is 5.58 Å². The average molecular weight is 178 g/mol. The molecule has 2 aromatic heterocycles. The van der Waals surface area contributed by atoms with Crippen LogP contribution in [0.1, 0.15) is 18.5 Å². The largest absolute Gasteiger partial charge is 0.459 e. The van der Waals surface area contributed by atoms with Gasteiger partial charge in [0.05, 0.1) is 6.26 Å². The zero-order valence-electron chi connectivity index (χ0n) is 7.12. The number of hydrogen-bond acceptors (Lipinski definition) is 4. The quantitative estimate of drug-likeness (QED) is 0.755. The molecule has 0 radical (unpaired) electrons. The van der Waals surface area contributed by atoms with Crippen LogP contribution >= 0.6 is 0 Å². The Balaban J connectivity index is 2.21. The minimum Gasteiger partial charge on any atom is -0.459 e. The Hall–Kier alpha value is -1.29. The molecule has 3 rings (SSSR count). The maximum Gasteiger partial charge on any atom is 0.205 e. The van der Waals surface area contributed by atoms with Crippen molar-refractivity contribution in [2.75, 3.05) is 6.54 Å². The van der Waals surface area contributed by atoms with E-state index in [1.165, 1.54) is 0 Å². The van der Waals surface area contributed by atoms with Crippen molar-refractivity contribution in [3.8, 4) is 0 Å². The topological polar surface area (TPSA) is 65.2 Å². The first-order chi connectivity index (χ1) is 6.36. The summed E-state index contributed by atoms with van der Waals surface area (Å²) < 4.78 is 10.4. The number of fused-ring (bicyclic) bond motifs is 1. The molecule has 0 unspecified atom stereocenters. The fraction of sp³-hybridized carbons (Fsp3) is 0.444. The highest BCUT2D eigenvalue weighted by Crippen LogP contribution is 2.48. The first-order valence-corrected chi connectivity index (χ1v) is 4.39. The number of rotatable bonds is 2. The number of nitrogens with zero attached hydrogens (tertiary/aromatic N) is 1. The summed E-state index contributed by atoms with van der Waals surface area (Å²) in [7, 11) is 0. The Bertz CT molecular complexity index is 439. The third-order valence-corrected chi connectivity index (χ3v) is 2.83. The van der Waals surface area contributed by atoms with Gasteiger partial charge < -0.3 is 14.7 Å². The van der Waals surface area contributed by atoms with E-state index in [0.717, 1.165) is 29.7 Å². The Labute approximate surface area is 74.7 Å². The van der Waals surface area contributed by atoms with E-state index in [1.807, 2.05) is 0 Å². The van der Waals surface area contributed by atoms with Crippen LogP contribution in [0.2, 0.25) is 0 Å². The molecule has 1 saturated carbocycles. The van der Waals surface area contributed by atoms with Crippen LogP contribution in [0.4, 0.5) is 0 Å². The van der Waals surface area contributed by atoms with Crippen LogP contribution in [-0.2, 0) is 5.41 Å². The molecule has 0 saturated heterocycles. The number of nitrogens with two attached hydrogens (primary N) is 1. The van der Waals surface area contributed by atoms with Gasteiger partial charge in [0.25, 0.3) is 0 Å². The van der Waals surface area contributed by atoms with Gasteiger partial charge in [-0.1, -0.05) is 5.16 Å². The van der Waals surface area contributed by atoms with E-state index in [0.29, 0.717) is 6.54 Å². The second-order valence-corrected chi connectivity index (χ2v) is 3.63. The fourth-order valence-electron chi connectivity index (χ4n) is 1.70. The van der Waals surface area contributed by atoms with Gasteiger partial charge in [-0.2, -0.15) is 0 Å². The van der Waals surface area contributed by atoms with Gasteiger partial charge >= 0.3 is 0 Å². The van der Waals surface area contributed by atoms with E-state index in [2.05, 4.69) is 5.16 Å². The summed E-state index contributed by atoms with van der Waals surface area (Å²) in [6.07, 6.45) is 3.80.